The minimum atomic E-state index is -3.58. The van der Waals surface area contributed by atoms with Crippen LogP contribution in [0, 0.1) is 0 Å². The molecule has 19 heavy (non-hydrogen) atoms. The molecular weight excluding hydrogens is 286 g/mol. The maximum atomic E-state index is 12.2. The number of carboxylic acids is 1. The number of sulfonamides is 1. The fourth-order valence-corrected chi connectivity index (χ4v) is 4.31. The van der Waals surface area contributed by atoms with E-state index in [1.54, 1.807) is 26.0 Å². The second-order valence-corrected chi connectivity index (χ2v) is 8.03. The molecule has 0 atom stereocenters. The van der Waals surface area contributed by atoms with Gasteiger partial charge in [0.1, 0.15) is 4.21 Å². The van der Waals surface area contributed by atoms with Gasteiger partial charge in [0, 0.05) is 16.8 Å². The Bertz CT molecular complexity index is 546. The van der Waals surface area contributed by atoms with E-state index in [0.29, 0.717) is 0 Å². The van der Waals surface area contributed by atoms with E-state index < -0.39 is 21.5 Å². The predicted octanol–water partition coefficient (Wildman–Crippen LogP) is 2.23. The van der Waals surface area contributed by atoms with Crippen molar-refractivity contribution in [3.8, 4) is 0 Å². The zero-order valence-corrected chi connectivity index (χ0v) is 12.9. The summed E-state index contributed by atoms with van der Waals surface area (Å²) in [6.45, 7) is 5.33. The molecule has 108 valence electrons. The molecule has 1 rings (SSSR count). The molecule has 0 aliphatic carbocycles. The number of carbonyl (C=O) groups is 1. The lowest BCUT2D eigenvalue weighted by Crippen LogP contribution is -2.43. The smallest absolute Gasteiger partial charge is 0.303 e. The van der Waals surface area contributed by atoms with Crippen LogP contribution in [0.2, 0.25) is 0 Å². The van der Waals surface area contributed by atoms with Gasteiger partial charge in [-0.3, -0.25) is 4.79 Å². The highest BCUT2D eigenvalue weighted by Crippen LogP contribution is 2.24. The molecule has 0 amide bonds. The molecule has 0 aliphatic heterocycles. The molecule has 0 saturated carbocycles. The van der Waals surface area contributed by atoms with Crippen LogP contribution in [0.4, 0.5) is 0 Å². The lowest BCUT2D eigenvalue weighted by atomic mass is 10.0. The number of aliphatic carboxylic acids is 1. The van der Waals surface area contributed by atoms with Crippen molar-refractivity contribution in [2.24, 2.45) is 0 Å². The van der Waals surface area contributed by atoms with Crippen LogP contribution in [0.5, 0.6) is 0 Å². The minimum absolute atomic E-state index is 0.0693. The molecule has 1 aromatic rings. The molecular formula is C12H19NO4S2. The first-order chi connectivity index (χ1) is 8.66. The highest BCUT2D eigenvalue weighted by molar-refractivity contribution is 7.91. The molecule has 0 bridgehead atoms. The van der Waals surface area contributed by atoms with Crippen LogP contribution >= 0.6 is 11.3 Å². The van der Waals surface area contributed by atoms with Crippen LogP contribution in [0.1, 0.15) is 38.5 Å². The number of aryl methyl sites for hydroxylation is 1. The van der Waals surface area contributed by atoms with Crippen LogP contribution in [0.25, 0.3) is 0 Å². The van der Waals surface area contributed by atoms with Crippen molar-refractivity contribution in [3.63, 3.8) is 0 Å². The van der Waals surface area contributed by atoms with Gasteiger partial charge < -0.3 is 5.11 Å². The second-order valence-electron chi connectivity index (χ2n) is 4.96. The van der Waals surface area contributed by atoms with Crippen LogP contribution in [0.3, 0.4) is 0 Å². The van der Waals surface area contributed by atoms with E-state index in [1.165, 1.54) is 11.3 Å². The van der Waals surface area contributed by atoms with Crippen molar-refractivity contribution in [1.82, 2.24) is 4.72 Å². The standard InChI is InChI=1S/C12H19NO4S2/c1-4-9-5-6-11(18-9)19(16,17)13-12(2,3)8-7-10(14)15/h5-6,13H,4,7-8H2,1-3H3,(H,14,15). The summed E-state index contributed by atoms with van der Waals surface area (Å²) in [5.41, 5.74) is -0.784. The highest BCUT2D eigenvalue weighted by Gasteiger charge is 2.27. The van der Waals surface area contributed by atoms with Crippen molar-refractivity contribution in [1.29, 1.82) is 0 Å². The Balaban J connectivity index is 2.81. The third-order valence-electron chi connectivity index (χ3n) is 2.62. The van der Waals surface area contributed by atoms with E-state index in [2.05, 4.69) is 4.72 Å². The van der Waals surface area contributed by atoms with Gasteiger partial charge in [-0.25, -0.2) is 13.1 Å². The van der Waals surface area contributed by atoms with Gasteiger partial charge in [-0.1, -0.05) is 6.92 Å². The SMILES string of the molecule is CCc1ccc(S(=O)(=O)NC(C)(C)CCC(=O)O)s1. The monoisotopic (exact) mass is 305 g/mol. The summed E-state index contributed by atoms with van der Waals surface area (Å²) in [7, 11) is -3.58. The lowest BCUT2D eigenvalue weighted by Gasteiger charge is -2.24. The number of rotatable bonds is 7. The van der Waals surface area contributed by atoms with Crippen LogP contribution in [-0.2, 0) is 21.2 Å². The third kappa shape index (κ3) is 4.93. The summed E-state index contributed by atoms with van der Waals surface area (Å²) in [5, 5.41) is 8.65. The van der Waals surface area contributed by atoms with Gasteiger partial charge >= 0.3 is 5.97 Å². The summed E-state index contributed by atoms with van der Waals surface area (Å²) in [5.74, 6) is -0.934. The molecule has 2 N–H and O–H groups in total. The maximum absolute atomic E-state index is 12.2. The van der Waals surface area contributed by atoms with Gasteiger partial charge in [-0.05, 0) is 38.8 Å². The molecule has 0 saturated heterocycles. The zero-order valence-electron chi connectivity index (χ0n) is 11.3. The molecule has 7 heteroatoms. The van der Waals surface area contributed by atoms with E-state index >= 15 is 0 Å². The number of thiophene rings is 1. The third-order valence-corrected chi connectivity index (χ3v) is 6.04. The summed E-state index contributed by atoms with van der Waals surface area (Å²) in [4.78, 5) is 11.6. The summed E-state index contributed by atoms with van der Waals surface area (Å²) < 4.78 is 27.2. The Labute approximate surface area is 117 Å². The molecule has 0 spiro atoms. The lowest BCUT2D eigenvalue weighted by molar-refractivity contribution is -0.137. The largest absolute Gasteiger partial charge is 0.481 e. The molecule has 1 aromatic heterocycles. The highest BCUT2D eigenvalue weighted by atomic mass is 32.2. The van der Waals surface area contributed by atoms with Gasteiger partial charge in [-0.15, -0.1) is 11.3 Å². The number of hydrogen-bond donors (Lipinski definition) is 2. The van der Waals surface area contributed by atoms with Crippen molar-refractivity contribution in [2.75, 3.05) is 0 Å². The average Bonchev–Trinajstić information content (AvgIpc) is 2.74. The van der Waals surface area contributed by atoms with Crippen molar-refractivity contribution in [3.05, 3.63) is 17.0 Å². The Hall–Kier alpha value is -0.920. The molecule has 0 aromatic carbocycles. The fraction of sp³-hybridized carbons (Fsp3) is 0.583. The summed E-state index contributed by atoms with van der Waals surface area (Å²) in [6.07, 6.45) is 0.969. The molecule has 5 nitrogen and oxygen atoms in total. The van der Waals surface area contributed by atoms with Crippen molar-refractivity contribution >= 4 is 27.3 Å². The normalized spacial score (nSPS) is 12.6. The van der Waals surface area contributed by atoms with E-state index in [-0.39, 0.29) is 17.1 Å². The van der Waals surface area contributed by atoms with Crippen molar-refractivity contribution < 1.29 is 18.3 Å². The first kappa shape index (κ1) is 16.1. The summed E-state index contributed by atoms with van der Waals surface area (Å²) >= 11 is 1.24. The molecule has 0 aliphatic rings. The van der Waals surface area contributed by atoms with Gasteiger partial charge in [0.15, 0.2) is 0 Å². The molecule has 0 fully saturated rings. The average molecular weight is 305 g/mol. The topological polar surface area (TPSA) is 83.5 Å². The first-order valence-corrected chi connectivity index (χ1v) is 8.31. The maximum Gasteiger partial charge on any atom is 0.303 e. The number of nitrogens with one attached hydrogen (secondary N) is 1. The van der Waals surface area contributed by atoms with Gasteiger partial charge in [0.2, 0.25) is 0 Å². The Morgan fingerprint density at radius 3 is 2.53 bits per heavy atom. The Morgan fingerprint density at radius 1 is 1.42 bits per heavy atom. The fourth-order valence-electron chi connectivity index (χ4n) is 1.58. The second kappa shape index (κ2) is 6.02. The first-order valence-electron chi connectivity index (χ1n) is 6.01. The quantitative estimate of drug-likeness (QED) is 0.809. The van der Waals surface area contributed by atoms with Crippen LogP contribution < -0.4 is 4.72 Å². The van der Waals surface area contributed by atoms with E-state index in [1.807, 2.05) is 6.92 Å². The summed E-state index contributed by atoms with van der Waals surface area (Å²) in [6, 6.07) is 3.38. The van der Waals surface area contributed by atoms with Gasteiger partial charge in [-0.2, -0.15) is 0 Å². The molecule has 0 unspecified atom stereocenters. The van der Waals surface area contributed by atoms with Crippen LogP contribution in [-0.4, -0.2) is 25.0 Å². The Morgan fingerprint density at radius 2 is 2.05 bits per heavy atom. The van der Waals surface area contributed by atoms with Crippen LogP contribution in [0.15, 0.2) is 16.3 Å². The van der Waals surface area contributed by atoms with E-state index in [9.17, 15) is 13.2 Å². The minimum Gasteiger partial charge on any atom is -0.481 e. The number of hydrogen-bond acceptors (Lipinski definition) is 4. The van der Waals surface area contributed by atoms with E-state index in [4.69, 9.17) is 5.11 Å². The molecule has 1 heterocycles. The van der Waals surface area contributed by atoms with Gasteiger partial charge in [0.05, 0.1) is 0 Å². The molecule has 0 radical (unpaired) electrons. The zero-order chi connectivity index (χ0) is 14.7. The Kier molecular flexibility index (Phi) is 5.11. The predicted molar refractivity (Wildman–Crippen MR) is 75.0 cm³/mol. The van der Waals surface area contributed by atoms with Gasteiger partial charge in [0.25, 0.3) is 10.0 Å². The van der Waals surface area contributed by atoms with Crippen molar-refractivity contribution in [2.45, 2.75) is 49.8 Å². The van der Waals surface area contributed by atoms with E-state index in [0.717, 1.165) is 11.3 Å². The number of carboxylic acid groups (broad SMARTS) is 1.